The van der Waals surface area contributed by atoms with Crippen molar-refractivity contribution in [2.24, 2.45) is 0 Å². The van der Waals surface area contributed by atoms with Crippen LogP contribution < -0.4 is 0 Å². The zero-order valence-electron chi connectivity index (χ0n) is 13.3. The van der Waals surface area contributed by atoms with Crippen LogP contribution in [-0.2, 0) is 9.84 Å². The number of aromatic nitrogens is 1. The second-order valence-electron chi connectivity index (χ2n) is 5.69. The SMILES string of the molecule is Cc1cccc(-c2cccnc2-c2ccc(S(C)(=O)=O)c(F)c2)c1. The van der Waals surface area contributed by atoms with Crippen molar-refractivity contribution in [2.75, 3.05) is 6.26 Å². The van der Waals surface area contributed by atoms with Crippen molar-refractivity contribution < 1.29 is 12.8 Å². The van der Waals surface area contributed by atoms with E-state index in [9.17, 15) is 12.8 Å². The fourth-order valence-corrected chi connectivity index (χ4v) is 3.36. The summed E-state index contributed by atoms with van der Waals surface area (Å²) >= 11 is 0. The third kappa shape index (κ3) is 3.21. The largest absolute Gasteiger partial charge is 0.256 e. The van der Waals surface area contributed by atoms with Gasteiger partial charge in [0.1, 0.15) is 10.7 Å². The van der Waals surface area contributed by atoms with E-state index in [4.69, 9.17) is 0 Å². The van der Waals surface area contributed by atoms with Crippen LogP contribution in [0.5, 0.6) is 0 Å². The predicted octanol–water partition coefficient (Wildman–Crippen LogP) is 4.27. The van der Waals surface area contributed by atoms with Crippen molar-refractivity contribution >= 4 is 9.84 Å². The van der Waals surface area contributed by atoms with Crippen LogP contribution in [0, 0.1) is 12.7 Å². The van der Waals surface area contributed by atoms with Gasteiger partial charge in [-0.15, -0.1) is 0 Å². The number of sulfone groups is 1. The first-order valence-corrected chi connectivity index (χ1v) is 9.27. The molecule has 2 aromatic carbocycles. The van der Waals surface area contributed by atoms with Crippen LogP contribution in [0.1, 0.15) is 5.56 Å². The number of nitrogens with zero attached hydrogens (tertiary/aromatic N) is 1. The first kappa shape index (κ1) is 16.3. The molecule has 0 N–H and O–H groups in total. The zero-order chi connectivity index (χ0) is 17.3. The molecule has 0 bridgehead atoms. The normalized spacial score (nSPS) is 11.5. The van der Waals surface area contributed by atoms with Gasteiger partial charge in [0.25, 0.3) is 0 Å². The van der Waals surface area contributed by atoms with Crippen molar-refractivity contribution in [3.63, 3.8) is 0 Å². The van der Waals surface area contributed by atoms with Crippen molar-refractivity contribution in [2.45, 2.75) is 11.8 Å². The molecule has 5 heteroatoms. The van der Waals surface area contributed by atoms with Gasteiger partial charge in [-0.05, 0) is 30.7 Å². The molecule has 0 saturated carbocycles. The lowest BCUT2D eigenvalue weighted by molar-refractivity contribution is 0.571. The molecular formula is C19H16FNO2S. The summed E-state index contributed by atoms with van der Waals surface area (Å²) < 4.78 is 37.4. The second kappa shape index (κ2) is 6.17. The minimum atomic E-state index is -3.60. The van der Waals surface area contributed by atoms with Crippen LogP contribution in [-0.4, -0.2) is 19.7 Å². The van der Waals surface area contributed by atoms with Gasteiger partial charge in [0, 0.05) is 23.6 Å². The summed E-state index contributed by atoms with van der Waals surface area (Å²) in [6.07, 6.45) is 2.63. The molecule has 0 aliphatic rings. The number of hydrogen-bond donors (Lipinski definition) is 0. The molecule has 0 amide bonds. The third-order valence-corrected chi connectivity index (χ3v) is 4.87. The van der Waals surface area contributed by atoms with Crippen LogP contribution in [0.25, 0.3) is 22.4 Å². The smallest absolute Gasteiger partial charge is 0.178 e. The zero-order valence-corrected chi connectivity index (χ0v) is 14.1. The molecule has 0 aliphatic heterocycles. The maximum absolute atomic E-state index is 14.2. The first-order chi connectivity index (χ1) is 11.4. The highest BCUT2D eigenvalue weighted by atomic mass is 32.2. The highest BCUT2D eigenvalue weighted by molar-refractivity contribution is 7.90. The highest BCUT2D eigenvalue weighted by Gasteiger charge is 2.16. The number of rotatable bonds is 3. The van der Waals surface area contributed by atoms with E-state index in [1.165, 1.54) is 12.1 Å². The lowest BCUT2D eigenvalue weighted by atomic mass is 9.98. The molecule has 122 valence electrons. The van der Waals surface area contributed by atoms with E-state index in [-0.39, 0.29) is 4.90 Å². The molecule has 0 unspecified atom stereocenters. The number of aryl methyl sites for hydroxylation is 1. The number of hydrogen-bond acceptors (Lipinski definition) is 3. The summed E-state index contributed by atoms with van der Waals surface area (Å²) in [5.74, 6) is -0.768. The Labute approximate surface area is 140 Å². The van der Waals surface area contributed by atoms with Crippen molar-refractivity contribution in [1.29, 1.82) is 0 Å². The Balaban J connectivity index is 2.16. The van der Waals surface area contributed by atoms with Gasteiger partial charge in [-0.1, -0.05) is 42.0 Å². The topological polar surface area (TPSA) is 47.0 Å². The maximum atomic E-state index is 14.2. The van der Waals surface area contributed by atoms with E-state index in [2.05, 4.69) is 4.98 Å². The molecule has 1 aromatic heterocycles. The molecule has 0 atom stereocenters. The lowest BCUT2D eigenvalue weighted by Gasteiger charge is -2.10. The molecule has 0 saturated heterocycles. The standard InChI is InChI=1S/C19H16FNO2S/c1-13-5-3-6-14(11-13)16-7-4-10-21-19(16)15-8-9-18(17(20)12-15)24(2,22)23/h3-12H,1-2H3. The molecule has 3 nitrogen and oxygen atoms in total. The summed E-state index contributed by atoms with van der Waals surface area (Å²) in [5.41, 5.74) is 4.11. The van der Waals surface area contributed by atoms with Crippen molar-refractivity contribution in [1.82, 2.24) is 4.98 Å². The minimum absolute atomic E-state index is 0.306. The fraction of sp³-hybridized carbons (Fsp3) is 0.105. The summed E-state index contributed by atoms with van der Waals surface area (Å²) in [4.78, 5) is 4.07. The van der Waals surface area contributed by atoms with Crippen molar-refractivity contribution in [3.8, 4) is 22.4 Å². The molecule has 0 radical (unpaired) electrons. The van der Waals surface area contributed by atoms with Crippen molar-refractivity contribution in [3.05, 3.63) is 72.2 Å². The van der Waals surface area contributed by atoms with Crippen LogP contribution in [0.3, 0.4) is 0 Å². The van der Waals surface area contributed by atoms with Gasteiger partial charge in [-0.25, -0.2) is 12.8 Å². The van der Waals surface area contributed by atoms with E-state index in [1.807, 2.05) is 43.3 Å². The minimum Gasteiger partial charge on any atom is -0.256 e. The molecule has 3 rings (SSSR count). The van der Waals surface area contributed by atoms with Gasteiger partial charge >= 0.3 is 0 Å². The van der Waals surface area contributed by atoms with E-state index >= 15 is 0 Å². The molecule has 24 heavy (non-hydrogen) atoms. The molecule has 3 aromatic rings. The summed E-state index contributed by atoms with van der Waals surface area (Å²) in [6.45, 7) is 2.00. The second-order valence-corrected chi connectivity index (χ2v) is 7.67. The Bertz CT molecular complexity index is 1010. The summed E-state index contributed by atoms with van der Waals surface area (Å²) in [7, 11) is -3.60. The molecule has 0 spiro atoms. The Morgan fingerprint density at radius 1 is 0.958 bits per heavy atom. The average molecular weight is 341 g/mol. The van der Waals surface area contributed by atoms with E-state index < -0.39 is 15.7 Å². The number of halogens is 1. The lowest BCUT2D eigenvalue weighted by Crippen LogP contribution is -2.01. The van der Waals surface area contributed by atoms with E-state index in [1.54, 1.807) is 12.3 Å². The molecule has 0 fully saturated rings. The predicted molar refractivity (Wildman–Crippen MR) is 92.9 cm³/mol. The number of benzene rings is 2. The van der Waals surface area contributed by atoms with Gasteiger partial charge < -0.3 is 0 Å². The van der Waals surface area contributed by atoms with Crippen LogP contribution >= 0.6 is 0 Å². The Morgan fingerprint density at radius 3 is 2.42 bits per heavy atom. The quantitative estimate of drug-likeness (QED) is 0.715. The first-order valence-electron chi connectivity index (χ1n) is 7.38. The van der Waals surface area contributed by atoms with Gasteiger partial charge in [0.15, 0.2) is 9.84 Å². The van der Waals surface area contributed by atoms with Crippen LogP contribution in [0.15, 0.2) is 65.7 Å². The summed E-state index contributed by atoms with van der Waals surface area (Å²) in [6, 6.07) is 15.8. The highest BCUT2D eigenvalue weighted by Crippen LogP contribution is 2.32. The van der Waals surface area contributed by atoms with Gasteiger partial charge in [-0.2, -0.15) is 0 Å². The third-order valence-electron chi connectivity index (χ3n) is 3.74. The van der Waals surface area contributed by atoms with Gasteiger partial charge in [0.2, 0.25) is 0 Å². The Kier molecular flexibility index (Phi) is 4.20. The summed E-state index contributed by atoms with van der Waals surface area (Å²) in [5, 5.41) is 0. The fourth-order valence-electron chi connectivity index (χ4n) is 2.63. The average Bonchev–Trinajstić information content (AvgIpc) is 2.53. The van der Waals surface area contributed by atoms with E-state index in [0.29, 0.717) is 11.3 Å². The van der Waals surface area contributed by atoms with E-state index in [0.717, 1.165) is 22.9 Å². The van der Waals surface area contributed by atoms with Gasteiger partial charge in [0.05, 0.1) is 5.69 Å². The number of pyridine rings is 1. The van der Waals surface area contributed by atoms with Crippen LogP contribution in [0.2, 0.25) is 0 Å². The Hall–Kier alpha value is -2.53. The van der Waals surface area contributed by atoms with Gasteiger partial charge in [-0.3, -0.25) is 4.98 Å². The Morgan fingerprint density at radius 2 is 1.75 bits per heavy atom. The molecule has 1 heterocycles. The monoisotopic (exact) mass is 341 g/mol. The van der Waals surface area contributed by atoms with Crippen LogP contribution in [0.4, 0.5) is 4.39 Å². The molecule has 0 aliphatic carbocycles. The molecular weight excluding hydrogens is 325 g/mol. The maximum Gasteiger partial charge on any atom is 0.178 e.